The molecule has 4 rings (SSSR count). The number of carbonyl (C=O) groups excluding carboxylic acids is 1. The summed E-state index contributed by atoms with van der Waals surface area (Å²) < 4.78 is 6.34. The number of carbonyl (C=O) groups is 1. The van der Waals surface area contributed by atoms with Crippen LogP contribution in [0.5, 0.6) is 0 Å². The van der Waals surface area contributed by atoms with Gasteiger partial charge in [-0.15, -0.1) is 0 Å². The molecule has 0 aliphatic carbocycles. The van der Waals surface area contributed by atoms with Gasteiger partial charge in [0.25, 0.3) is 0 Å². The molecule has 3 aromatic rings. The fourth-order valence-electron chi connectivity index (χ4n) is 3.76. The molecule has 2 heteroatoms. The monoisotopic (exact) mass is 328 g/mol. The third-order valence-electron chi connectivity index (χ3n) is 4.83. The summed E-state index contributed by atoms with van der Waals surface area (Å²) in [6, 6.07) is 23.8. The van der Waals surface area contributed by atoms with E-state index in [0.29, 0.717) is 6.61 Å². The standard InChI is InChI=1S/C23H20O2/c1-16-12-17(2)14-20(13-16)23(19-9-4-3-5-10-19)22(24)21-11-7-6-8-18(21)15-25-23/h3-14H,15H2,1-2H3. The lowest BCUT2D eigenvalue weighted by Gasteiger charge is -2.38. The molecule has 3 aromatic carbocycles. The lowest BCUT2D eigenvalue weighted by atomic mass is 9.76. The van der Waals surface area contributed by atoms with Crippen LogP contribution in [0.2, 0.25) is 0 Å². The van der Waals surface area contributed by atoms with Gasteiger partial charge in [0.05, 0.1) is 6.61 Å². The molecule has 2 nitrogen and oxygen atoms in total. The molecule has 0 fully saturated rings. The van der Waals surface area contributed by atoms with Crippen LogP contribution in [0.1, 0.15) is 38.2 Å². The summed E-state index contributed by atoms with van der Waals surface area (Å²) in [6.45, 7) is 4.52. The average Bonchev–Trinajstić information content (AvgIpc) is 2.62. The summed E-state index contributed by atoms with van der Waals surface area (Å²) in [5.74, 6) is 0.00514. The zero-order chi connectivity index (χ0) is 17.4. The zero-order valence-corrected chi connectivity index (χ0v) is 14.5. The maximum atomic E-state index is 13.6. The van der Waals surface area contributed by atoms with Crippen LogP contribution in [-0.2, 0) is 16.9 Å². The first-order valence-electron chi connectivity index (χ1n) is 8.52. The molecular formula is C23H20O2. The highest BCUT2D eigenvalue weighted by atomic mass is 16.5. The van der Waals surface area contributed by atoms with Crippen molar-refractivity contribution in [1.82, 2.24) is 0 Å². The van der Waals surface area contributed by atoms with Crippen molar-refractivity contribution in [2.75, 3.05) is 0 Å². The highest BCUT2D eigenvalue weighted by molar-refractivity contribution is 6.07. The third-order valence-corrected chi connectivity index (χ3v) is 4.83. The van der Waals surface area contributed by atoms with Gasteiger partial charge in [-0.2, -0.15) is 0 Å². The fourth-order valence-corrected chi connectivity index (χ4v) is 3.76. The van der Waals surface area contributed by atoms with E-state index in [-0.39, 0.29) is 5.78 Å². The van der Waals surface area contributed by atoms with E-state index < -0.39 is 5.60 Å². The molecule has 0 radical (unpaired) electrons. The first-order valence-corrected chi connectivity index (χ1v) is 8.52. The van der Waals surface area contributed by atoms with Crippen molar-refractivity contribution in [2.45, 2.75) is 26.1 Å². The molecule has 25 heavy (non-hydrogen) atoms. The Kier molecular flexibility index (Phi) is 3.78. The highest BCUT2D eigenvalue weighted by Crippen LogP contribution is 2.42. The highest BCUT2D eigenvalue weighted by Gasteiger charge is 2.47. The lowest BCUT2D eigenvalue weighted by Crippen LogP contribution is -2.43. The second-order valence-corrected chi connectivity index (χ2v) is 6.70. The first-order chi connectivity index (χ1) is 12.1. The molecule has 0 bridgehead atoms. The van der Waals surface area contributed by atoms with E-state index in [1.807, 2.05) is 54.6 Å². The van der Waals surface area contributed by atoms with Crippen molar-refractivity contribution in [3.8, 4) is 0 Å². The maximum Gasteiger partial charge on any atom is 0.204 e. The number of ketones is 1. The molecule has 1 aliphatic heterocycles. The van der Waals surface area contributed by atoms with Crippen LogP contribution >= 0.6 is 0 Å². The van der Waals surface area contributed by atoms with Crippen molar-refractivity contribution < 1.29 is 9.53 Å². The number of hydrogen-bond acceptors (Lipinski definition) is 2. The van der Waals surface area contributed by atoms with Crippen LogP contribution in [0.15, 0.2) is 72.8 Å². The number of fused-ring (bicyclic) bond motifs is 1. The lowest BCUT2D eigenvalue weighted by molar-refractivity contribution is -0.0221. The number of Topliss-reactive ketones (excluding diaryl/α,β-unsaturated/α-hetero) is 1. The Morgan fingerprint density at radius 2 is 1.44 bits per heavy atom. The van der Waals surface area contributed by atoms with Crippen LogP contribution in [0.25, 0.3) is 0 Å². The smallest absolute Gasteiger partial charge is 0.204 e. The van der Waals surface area contributed by atoms with Crippen LogP contribution in [0.4, 0.5) is 0 Å². The van der Waals surface area contributed by atoms with Crippen LogP contribution in [0, 0.1) is 13.8 Å². The number of rotatable bonds is 2. The second kappa shape index (κ2) is 5.98. The van der Waals surface area contributed by atoms with Crippen molar-refractivity contribution in [3.63, 3.8) is 0 Å². The number of hydrogen-bond donors (Lipinski definition) is 0. The van der Waals surface area contributed by atoms with Crippen molar-refractivity contribution >= 4 is 5.78 Å². The van der Waals surface area contributed by atoms with E-state index in [9.17, 15) is 4.79 Å². The molecule has 1 atom stereocenters. The van der Waals surface area contributed by atoms with E-state index in [1.54, 1.807) is 0 Å². The largest absolute Gasteiger partial charge is 0.353 e. The Hall–Kier alpha value is -2.71. The molecule has 1 heterocycles. The third kappa shape index (κ3) is 2.50. The van der Waals surface area contributed by atoms with Gasteiger partial charge in [0, 0.05) is 5.56 Å². The molecule has 1 unspecified atom stereocenters. The topological polar surface area (TPSA) is 26.3 Å². The molecule has 0 saturated heterocycles. The van der Waals surface area contributed by atoms with Gasteiger partial charge < -0.3 is 4.74 Å². The van der Waals surface area contributed by atoms with Gasteiger partial charge in [-0.1, -0.05) is 83.9 Å². The minimum absolute atomic E-state index is 0.00514. The predicted molar refractivity (Wildman–Crippen MR) is 98.7 cm³/mol. The Morgan fingerprint density at radius 1 is 0.800 bits per heavy atom. The van der Waals surface area contributed by atoms with Gasteiger partial charge in [-0.25, -0.2) is 0 Å². The molecule has 0 saturated carbocycles. The SMILES string of the molecule is Cc1cc(C)cc(C2(c3ccccc3)OCc3ccccc3C2=O)c1. The Balaban J connectivity index is 2.00. The van der Waals surface area contributed by atoms with Gasteiger partial charge >= 0.3 is 0 Å². The molecule has 124 valence electrons. The summed E-state index contributed by atoms with van der Waals surface area (Å²) in [4.78, 5) is 13.6. The second-order valence-electron chi connectivity index (χ2n) is 6.70. The molecule has 0 amide bonds. The van der Waals surface area contributed by atoms with E-state index >= 15 is 0 Å². The van der Waals surface area contributed by atoms with E-state index in [4.69, 9.17) is 4.74 Å². The maximum absolute atomic E-state index is 13.6. The van der Waals surface area contributed by atoms with Gasteiger partial charge in [0.15, 0.2) is 5.60 Å². The summed E-state index contributed by atoms with van der Waals surface area (Å²) in [7, 11) is 0. The van der Waals surface area contributed by atoms with E-state index in [2.05, 4.69) is 32.0 Å². The summed E-state index contributed by atoms with van der Waals surface area (Å²) in [5, 5.41) is 0. The number of aryl methyl sites for hydroxylation is 2. The molecule has 0 N–H and O–H groups in total. The first kappa shape index (κ1) is 15.8. The summed E-state index contributed by atoms with van der Waals surface area (Å²) in [5.41, 5.74) is 4.63. The Labute approximate surface area is 148 Å². The number of benzene rings is 3. The minimum Gasteiger partial charge on any atom is -0.353 e. The van der Waals surface area contributed by atoms with Crippen LogP contribution in [0.3, 0.4) is 0 Å². The minimum atomic E-state index is -1.09. The molecule has 0 aromatic heterocycles. The molecule has 1 aliphatic rings. The van der Waals surface area contributed by atoms with Crippen molar-refractivity contribution in [3.05, 3.63) is 106 Å². The average molecular weight is 328 g/mol. The summed E-state index contributed by atoms with van der Waals surface area (Å²) >= 11 is 0. The van der Waals surface area contributed by atoms with Gasteiger partial charge in [-0.3, -0.25) is 4.79 Å². The number of ether oxygens (including phenoxy) is 1. The molecular weight excluding hydrogens is 308 g/mol. The summed E-state index contributed by atoms with van der Waals surface area (Å²) in [6.07, 6.45) is 0. The van der Waals surface area contributed by atoms with Gasteiger partial charge in [0.1, 0.15) is 0 Å². The quantitative estimate of drug-likeness (QED) is 0.664. The van der Waals surface area contributed by atoms with Gasteiger partial charge in [-0.05, 0) is 30.5 Å². The van der Waals surface area contributed by atoms with Crippen LogP contribution < -0.4 is 0 Å². The van der Waals surface area contributed by atoms with E-state index in [0.717, 1.165) is 33.4 Å². The van der Waals surface area contributed by atoms with E-state index in [1.165, 1.54) is 0 Å². The van der Waals surface area contributed by atoms with Gasteiger partial charge in [0.2, 0.25) is 5.78 Å². The Morgan fingerprint density at radius 3 is 2.16 bits per heavy atom. The molecule has 0 spiro atoms. The predicted octanol–water partition coefficient (Wildman–Crippen LogP) is 4.96. The van der Waals surface area contributed by atoms with Crippen LogP contribution in [-0.4, -0.2) is 5.78 Å². The normalized spacial score (nSPS) is 19.5. The zero-order valence-electron chi connectivity index (χ0n) is 14.5. The Bertz CT molecular complexity index is 923. The van der Waals surface area contributed by atoms with Crippen molar-refractivity contribution in [1.29, 1.82) is 0 Å². The fraction of sp³-hybridized carbons (Fsp3) is 0.174. The van der Waals surface area contributed by atoms with Crippen molar-refractivity contribution in [2.24, 2.45) is 0 Å².